The van der Waals surface area contributed by atoms with Gasteiger partial charge in [0.15, 0.2) is 0 Å². The molecule has 3 aromatic heterocycles. The lowest BCUT2D eigenvalue weighted by molar-refractivity contribution is 0.187. The Morgan fingerprint density at radius 1 is 1.07 bits per heavy atom. The highest BCUT2D eigenvalue weighted by Crippen LogP contribution is 2.27. The first kappa shape index (κ1) is 20.4. The number of nitrogens with one attached hydrogen (secondary N) is 1. The average molecular weight is 427 g/mol. The highest BCUT2D eigenvalue weighted by atomic mass is 35.5. The number of aromatic nitrogens is 3. The Balaban J connectivity index is 0.00000105. The molecule has 0 amide bonds. The third-order valence-corrected chi connectivity index (χ3v) is 5.49. The molecule has 5 nitrogen and oxygen atoms in total. The predicted octanol–water partition coefficient (Wildman–Crippen LogP) is 3.83. The number of imidazole rings is 1. The number of piperazine rings is 1. The molecule has 3 aromatic rings. The van der Waals surface area contributed by atoms with E-state index in [0.717, 1.165) is 36.7 Å². The number of hydrogen-bond acceptors (Lipinski definition) is 4. The van der Waals surface area contributed by atoms with Crippen LogP contribution in [0.5, 0.6) is 0 Å². The summed E-state index contributed by atoms with van der Waals surface area (Å²) in [4.78, 5) is 11.9. The van der Waals surface area contributed by atoms with E-state index in [1.54, 1.807) is 6.20 Å². The highest BCUT2D eigenvalue weighted by molar-refractivity contribution is 6.30. The quantitative estimate of drug-likeness (QED) is 0.691. The first-order chi connectivity index (χ1) is 12.3. The van der Waals surface area contributed by atoms with Crippen LogP contribution in [0.3, 0.4) is 0 Å². The molecule has 0 spiro atoms. The van der Waals surface area contributed by atoms with Crippen LogP contribution in [0.4, 0.5) is 0 Å². The molecule has 5 rings (SSSR count). The zero-order chi connectivity index (χ0) is 16.8. The third kappa shape index (κ3) is 3.93. The fraction of sp³-hybridized carbons (Fsp3) is 0.368. The van der Waals surface area contributed by atoms with Crippen molar-refractivity contribution in [2.45, 2.75) is 31.5 Å². The number of likely N-dealkylation sites (tertiary alicyclic amines) is 1. The summed E-state index contributed by atoms with van der Waals surface area (Å²) in [5.74, 6) is 0. The molecule has 1 N–H and O–H groups in total. The molecule has 8 heteroatoms. The van der Waals surface area contributed by atoms with Crippen molar-refractivity contribution < 1.29 is 0 Å². The number of pyridine rings is 2. The second-order valence-corrected chi connectivity index (χ2v) is 7.47. The molecule has 2 bridgehead atoms. The lowest BCUT2D eigenvalue weighted by Crippen LogP contribution is -2.50. The highest BCUT2D eigenvalue weighted by Gasteiger charge is 2.32. The van der Waals surface area contributed by atoms with E-state index in [2.05, 4.69) is 31.9 Å². The maximum atomic E-state index is 6.01. The predicted molar refractivity (Wildman–Crippen MR) is 113 cm³/mol. The topological polar surface area (TPSA) is 45.5 Å². The third-order valence-electron chi connectivity index (χ3n) is 5.26. The van der Waals surface area contributed by atoms with E-state index < -0.39 is 0 Å². The Morgan fingerprint density at radius 2 is 1.85 bits per heavy atom. The first-order valence-electron chi connectivity index (χ1n) is 8.82. The van der Waals surface area contributed by atoms with Crippen molar-refractivity contribution in [2.75, 3.05) is 13.1 Å². The zero-order valence-corrected chi connectivity index (χ0v) is 17.1. The molecule has 2 unspecified atom stereocenters. The molecule has 2 aliphatic heterocycles. The molecule has 0 radical (unpaired) electrons. The van der Waals surface area contributed by atoms with Gasteiger partial charge in [0, 0.05) is 44.1 Å². The molecule has 144 valence electrons. The zero-order valence-electron chi connectivity index (χ0n) is 14.7. The van der Waals surface area contributed by atoms with Crippen molar-refractivity contribution in [3.8, 4) is 11.4 Å². The molecule has 0 aromatic carbocycles. The fourth-order valence-corrected chi connectivity index (χ4v) is 4.26. The number of fused-ring (bicyclic) bond motifs is 3. The van der Waals surface area contributed by atoms with Gasteiger partial charge in [0.2, 0.25) is 0 Å². The lowest BCUT2D eigenvalue weighted by Gasteiger charge is -2.32. The minimum atomic E-state index is 0. The summed E-state index contributed by atoms with van der Waals surface area (Å²) in [6, 6.07) is 11.2. The van der Waals surface area contributed by atoms with Crippen molar-refractivity contribution in [1.29, 1.82) is 0 Å². The Hall–Kier alpha value is -1.37. The van der Waals surface area contributed by atoms with Gasteiger partial charge in [-0.25, -0.2) is 4.98 Å². The van der Waals surface area contributed by atoms with Gasteiger partial charge in [-0.15, -0.1) is 24.8 Å². The van der Waals surface area contributed by atoms with Gasteiger partial charge in [-0.05, 0) is 37.1 Å². The van der Waals surface area contributed by atoms with E-state index >= 15 is 0 Å². The summed E-state index contributed by atoms with van der Waals surface area (Å²) >= 11 is 6.01. The van der Waals surface area contributed by atoms with Gasteiger partial charge in [-0.1, -0.05) is 17.7 Å². The maximum absolute atomic E-state index is 6.01. The SMILES string of the molecule is Cl.Cl.Clc1ccc(-c2nc3ccccn3c2CN2CC3CCC(C2)N3)nc1. The summed E-state index contributed by atoms with van der Waals surface area (Å²) in [6.07, 6.45) is 6.36. The van der Waals surface area contributed by atoms with Crippen LogP contribution in [0, 0.1) is 0 Å². The van der Waals surface area contributed by atoms with Crippen LogP contribution in [0.1, 0.15) is 18.5 Å². The molecule has 2 fully saturated rings. The Kier molecular flexibility index (Phi) is 6.28. The molecule has 2 aliphatic rings. The monoisotopic (exact) mass is 425 g/mol. The van der Waals surface area contributed by atoms with Gasteiger partial charge in [-0.2, -0.15) is 0 Å². The lowest BCUT2D eigenvalue weighted by atomic mass is 10.2. The van der Waals surface area contributed by atoms with Crippen LogP contribution in [0.25, 0.3) is 17.0 Å². The van der Waals surface area contributed by atoms with Crippen molar-refractivity contribution in [1.82, 2.24) is 24.6 Å². The van der Waals surface area contributed by atoms with E-state index in [1.807, 2.05) is 24.3 Å². The molecular weight excluding hydrogens is 405 g/mol. The number of hydrogen-bond donors (Lipinski definition) is 1. The average Bonchev–Trinajstić information content (AvgIpc) is 3.16. The Bertz CT molecular complexity index is 899. The van der Waals surface area contributed by atoms with Gasteiger partial charge in [0.1, 0.15) is 11.3 Å². The number of halogens is 3. The fourth-order valence-electron chi connectivity index (χ4n) is 4.15. The summed E-state index contributed by atoms with van der Waals surface area (Å²) < 4.78 is 2.19. The largest absolute Gasteiger partial charge is 0.309 e. The van der Waals surface area contributed by atoms with Crippen LogP contribution in [0.15, 0.2) is 42.7 Å². The van der Waals surface area contributed by atoms with Gasteiger partial charge < -0.3 is 9.72 Å². The molecular formula is C19H22Cl3N5. The smallest absolute Gasteiger partial charge is 0.137 e. The van der Waals surface area contributed by atoms with Crippen LogP contribution in [-0.2, 0) is 6.54 Å². The van der Waals surface area contributed by atoms with E-state index in [4.69, 9.17) is 16.6 Å². The summed E-state index contributed by atoms with van der Waals surface area (Å²) in [6.45, 7) is 3.09. The van der Waals surface area contributed by atoms with Crippen molar-refractivity contribution in [3.05, 3.63) is 53.4 Å². The van der Waals surface area contributed by atoms with Gasteiger partial charge in [0.25, 0.3) is 0 Å². The van der Waals surface area contributed by atoms with Crippen LogP contribution in [0.2, 0.25) is 5.02 Å². The standard InChI is InChI=1S/C19H20ClN5.2ClH/c20-13-4-7-16(21-9-13)19-17(25-8-2-1-3-18(25)23-19)12-24-10-14-5-6-15(11-24)22-14;;/h1-4,7-9,14-15,22H,5-6,10-12H2;2*1H. The summed E-state index contributed by atoms with van der Waals surface area (Å²) in [7, 11) is 0. The summed E-state index contributed by atoms with van der Waals surface area (Å²) in [5, 5.41) is 4.34. The van der Waals surface area contributed by atoms with Crippen LogP contribution < -0.4 is 5.32 Å². The number of nitrogens with zero attached hydrogens (tertiary/aromatic N) is 4. The van der Waals surface area contributed by atoms with E-state index in [1.165, 1.54) is 18.5 Å². The Morgan fingerprint density at radius 3 is 2.56 bits per heavy atom. The second-order valence-electron chi connectivity index (χ2n) is 7.03. The molecule has 5 heterocycles. The van der Waals surface area contributed by atoms with Gasteiger partial charge in [-0.3, -0.25) is 9.88 Å². The maximum Gasteiger partial charge on any atom is 0.137 e. The second kappa shape index (κ2) is 8.33. The molecule has 0 saturated carbocycles. The first-order valence-corrected chi connectivity index (χ1v) is 9.20. The normalized spacial score (nSPS) is 21.7. The van der Waals surface area contributed by atoms with Crippen LogP contribution in [-0.4, -0.2) is 44.4 Å². The van der Waals surface area contributed by atoms with Crippen molar-refractivity contribution >= 4 is 42.1 Å². The summed E-state index contributed by atoms with van der Waals surface area (Å²) in [5.41, 5.74) is 3.99. The van der Waals surface area contributed by atoms with Crippen molar-refractivity contribution in [2.24, 2.45) is 0 Å². The van der Waals surface area contributed by atoms with Gasteiger partial charge in [0.05, 0.1) is 16.4 Å². The number of rotatable bonds is 3. The molecule has 27 heavy (non-hydrogen) atoms. The molecule has 0 aliphatic carbocycles. The van der Waals surface area contributed by atoms with E-state index in [-0.39, 0.29) is 24.8 Å². The van der Waals surface area contributed by atoms with E-state index in [0.29, 0.717) is 17.1 Å². The minimum absolute atomic E-state index is 0. The van der Waals surface area contributed by atoms with Crippen molar-refractivity contribution in [3.63, 3.8) is 0 Å². The molecule has 2 saturated heterocycles. The van der Waals surface area contributed by atoms with E-state index in [9.17, 15) is 0 Å². The van der Waals surface area contributed by atoms with Crippen LogP contribution >= 0.6 is 36.4 Å². The Labute approximate surface area is 176 Å². The minimum Gasteiger partial charge on any atom is -0.309 e. The molecule has 2 atom stereocenters. The van der Waals surface area contributed by atoms with Gasteiger partial charge >= 0.3 is 0 Å².